The molecule has 29 heavy (non-hydrogen) atoms. The fraction of sp³-hybridized carbons (Fsp3) is 0.227. The lowest BCUT2D eigenvalue weighted by molar-refractivity contribution is -0.113. The Labute approximate surface area is 174 Å². The summed E-state index contributed by atoms with van der Waals surface area (Å²) in [5.41, 5.74) is 4.68. The summed E-state index contributed by atoms with van der Waals surface area (Å²) in [7, 11) is 0. The van der Waals surface area contributed by atoms with Crippen LogP contribution >= 0.6 is 11.8 Å². The molecule has 0 fully saturated rings. The van der Waals surface area contributed by atoms with Crippen LogP contribution in [0.5, 0.6) is 5.75 Å². The molecular formula is C22H24N4O2S. The molecule has 0 saturated carbocycles. The molecule has 1 amide bonds. The van der Waals surface area contributed by atoms with E-state index in [-0.39, 0.29) is 17.4 Å². The maximum atomic E-state index is 12.5. The molecule has 3 aromatic rings. The van der Waals surface area contributed by atoms with Crippen molar-refractivity contribution >= 4 is 23.4 Å². The third-order valence-electron chi connectivity index (χ3n) is 4.45. The topological polar surface area (TPSA) is 80.0 Å². The van der Waals surface area contributed by atoms with Crippen molar-refractivity contribution in [1.82, 2.24) is 14.8 Å². The Morgan fingerprint density at radius 2 is 1.90 bits per heavy atom. The smallest absolute Gasteiger partial charge is 0.234 e. The number of benzene rings is 2. The van der Waals surface area contributed by atoms with Crippen LogP contribution in [0, 0.1) is 20.8 Å². The zero-order chi connectivity index (χ0) is 21.0. The van der Waals surface area contributed by atoms with Crippen LogP contribution in [0.4, 0.5) is 5.69 Å². The molecule has 6 nitrogen and oxygen atoms in total. The minimum absolute atomic E-state index is 0.109. The SMILES string of the molecule is C=CCn1c(SCC(=O)Nc2c(C)cc(C)cc2C)nnc1-c1ccccc1O. The second-order valence-corrected chi connectivity index (χ2v) is 7.78. The van der Waals surface area contributed by atoms with Gasteiger partial charge in [-0.05, 0) is 44.0 Å². The summed E-state index contributed by atoms with van der Waals surface area (Å²) >= 11 is 1.30. The molecule has 3 rings (SSSR count). The summed E-state index contributed by atoms with van der Waals surface area (Å²) in [6.45, 7) is 10.3. The van der Waals surface area contributed by atoms with E-state index >= 15 is 0 Å². The number of amides is 1. The van der Waals surface area contributed by atoms with E-state index in [1.54, 1.807) is 24.3 Å². The average molecular weight is 409 g/mol. The molecule has 0 unspecified atom stereocenters. The van der Waals surface area contributed by atoms with Crippen LogP contribution in [0.3, 0.4) is 0 Å². The van der Waals surface area contributed by atoms with Crippen molar-refractivity contribution in [2.75, 3.05) is 11.1 Å². The van der Waals surface area contributed by atoms with E-state index in [1.807, 2.05) is 31.4 Å². The van der Waals surface area contributed by atoms with Gasteiger partial charge in [-0.15, -0.1) is 16.8 Å². The summed E-state index contributed by atoms with van der Waals surface area (Å²) in [4.78, 5) is 12.5. The summed E-state index contributed by atoms with van der Waals surface area (Å²) < 4.78 is 1.84. The van der Waals surface area contributed by atoms with Crippen LogP contribution < -0.4 is 5.32 Å². The average Bonchev–Trinajstić information content (AvgIpc) is 3.06. The van der Waals surface area contributed by atoms with Crippen molar-refractivity contribution in [3.63, 3.8) is 0 Å². The molecule has 0 radical (unpaired) electrons. The largest absolute Gasteiger partial charge is 0.507 e. The van der Waals surface area contributed by atoms with Gasteiger partial charge in [0.15, 0.2) is 11.0 Å². The third-order valence-corrected chi connectivity index (χ3v) is 5.41. The molecule has 1 aromatic heterocycles. The van der Waals surface area contributed by atoms with Crippen LogP contribution in [-0.2, 0) is 11.3 Å². The predicted molar refractivity (Wildman–Crippen MR) is 117 cm³/mol. The number of thioether (sulfide) groups is 1. The van der Waals surface area contributed by atoms with Gasteiger partial charge in [-0.25, -0.2) is 0 Å². The minimum Gasteiger partial charge on any atom is -0.507 e. The summed E-state index contributed by atoms with van der Waals surface area (Å²) in [6, 6.07) is 11.1. The number of aromatic nitrogens is 3. The van der Waals surface area contributed by atoms with Gasteiger partial charge in [0, 0.05) is 12.2 Å². The zero-order valence-electron chi connectivity index (χ0n) is 16.8. The number of carbonyl (C=O) groups is 1. The molecule has 0 saturated heterocycles. The van der Waals surface area contributed by atoms with E-state index < -0.39 is 0 Å². The van der Waals surface area contributed by atoms with Crippen LogP contribution in [0.25, 0.3) is 11.4 Å². The standard InChI is InChI=1S/C22H24N4O2S/c1-5-10-26-21(17-8-6-7-9-18(17)27)24-25-22(26)29-13-19(28)23-20-15(3)11-14(2)12-16(20)4/h5-9,11-12,27H,1,10,13H2,2-4H3,(H,23,28). The molecule has 0 atom stereocenters. The third kappa shape index (κ3) is 4.68. The molecule has 0 aliphatic carbocycles. The first-order chi connectivity index (χ1) is 13.9. The fourth-order valence-electron chi connectivity index (χ4n) is 3.23. The molecule has 150 valence electrons. The molecule has 2 N–H and O–H groups in total. The van der Waals surface area contributed by atoms with Crippen molar-refractivity contribution in [3.05, 3.63) is 65.7 Å². The number of para-hydroxylation sites is 1. The number of phenols is 1. The Balaban J connectivity index is 1.76. The quantitative estimate of drug-likeness (QED) is 0.445. The van der Waals surface area contributed by atoms with Crippen LogP contribution in [-0.4, -0.2) is 31.5 Å². The number of allylic oxidation sites excluding steroid dienone is 1. The maximum Gasteiger partial charge on any atom is 0.234 e. The van der Waals surface area contributed by atoms with Crippen LogP contribution in [0.2, 0.25) is 0 Å². The van der Waals surface area contributed by atoms with Gasteiger partial charge in [0.1, 0.15) is 5.75 Å². The number of hydrogen-bond acceptors (Lipinski definition) is 5. The second kappa shape index (κ2) is 8.96. The number of aromatic hydroxyl groups is 1. The number of carbonyl (C=O) groups excluding carboxylic acids is 1. The highest BCUT2D eigenvalue weighted by Gasteiger charge is 2.17. The van der Waals surface area contributed by atoms with E-state index in [4.69, 9.17) is 0 Å². The molecule has 7 heteroatoms. The van der Waals surface area contributed by atoms with Gasteiger partial charge >= 0.3 is 0 Å². The Morgan fingerprint density at radius 1 is 1.21 bits per heavy atom. The van der Waals surface area contributed by atoms with E-state index in [0.29, 0.717) is 23.1 Å². The first kappa shape index (κ1) is 20.7. The van der Waals surface area contributed by atoms with Gasteiger partial charge < -0.3 is 10.4 Å². The highest BCUT2D eigenvalue weighted by molar-refractivity contribution is 7.99. The second-order valence-electron chi connectivity index (χ2n) is 6.83. The maximum absolute atomic E-state index is 12.5. The molecule has 0 aliphatic heterocycles. The highest BCUT2D eigenvalue weighted by atomic mass is 32.2. The summed E-state index contributed by atoms with van der Waals surface area (Å²) in [6.07, 6.45) is 1.73. The monoisotopic (exact) mass is 408 g/mol. The Bertz CT molecular complexity index is 1040. The van der Waals surface area contributed by atoms with Gasteiger partial charge in [-0.1, -0.05) is 47.7 Å². The molecule has 0 aliphatic rings. The number of nitrogens with one attached hydrogen (secondary N) is 1. The first-order valence-corrected chi connectivity index (χ1v) is 10.2. The van der Waals surface area contributed by atoms with Crippen molar-refractivity contribution in [1.29, 1.82) is 0 Å². The molecule has 2 aromatic carbocycles. The molecule has 1 heterocycles. The number of rotatable bonds is 7. The molecule has 0 spiro atoms. The zero-order valence-corrected chi connectivity index (χ0v) is 17.6. The molecule has 0 bridgehead atoms. The number of phenolic OH excluding ortho intramolecular Hbond substituents is 1. The van der Waals surface area contributed by atoms with Crippen molar-refractivity contribution in [2.24, 2.45) is 0 Å². The lowest BCUT2D eigenvalue weighted by Gasteiger charge is -2.13. The summed E-state index contributed by atoms with van der Waals surface area (Å²) in [5, 5.41) is 22.2. The highest BCUT2D eigenvalue weighted by Crippen LogP contribution is 2.30. The van der Waals surface area contributed by atoms with Crippen molar-refractivity contribution in [2.45, 2.75) is 32.5 Å². The van der Waals surface area contributed by atoms with E-state index in [0.717, 1.165) is 16.8 Å². The Kier molecular flexibility index (Phi) is 6.39. The normalized spacial score (nSPS) is 10.7. The fourth-order valence-corrected chi connectivity index (χ4v) is 3.98. The minimum atomic E-state index is -0.109. The lowest BCUT2D eigenvalue weighted by Crippen LogP contribution is -2.16. The Morgan fingerprint density at radius 3 is 2.55 bits per heavy atom. The van der Waals surface area contributed by atoms with E-state index in [9.17, 15) is 9.90 Å². The lowest BCUT2D eigenvalue weighted by atomic mass is 10.1. The number of anilines is 1. The van der Waals surface area contributed by atoms with Gasteiger partial charge in [0.25, 0.3) is 0 Å². The van der Waals surface area contributed by atoms with Crippen LogP contribution in [0.15, 0.2) is 54.2 Å². The summed E-state index contributed by atoms with van der Waals surface area (Å²) in [5.74, 6) is 0.756. The molecular weight excluding hydrogens is 384 g/mol. The van der Waals surface area contributed by atoms with Gasteiger partial charge in [-0.2, -0.15) is 0 Å². The number of nitrogens with zero attached hydrogens (tertiary/aromatic N) is 3. The van der Waals surface area contributed by atoms with Gasteiger partial charge in [-0.3, -0.25) is 9.36 Å². The van der Waals surface area contributed by atoms with Crippen molar-refractivity contribution in [3.8, 4) is 17.1 Å². The van der Waals surface area contributed by atoms with Gasteiger partial charge in [0.05, 0.1) is 11.3 Å². The number of aryl methyl sites for hydroxylation is 3. The van der Waals surface area contributed by atoms with Crippen LogP contribution in [0.1, 0.15) is 16.7 Å². The van der Waals surface area contributed by atoms with Crippen molar-refractivity contribution < 1.29 is 9.90 Å². The number of hydrogen-bond donors (Lipinski definition) is 2. The Hall–Kier alpha value is -3.06. The van der Waals surface area contributed by atoms with Gasteiger partial charge in [0.2, 0.25) is 5.91 Å². The van der Waals surface area contributed by atoms with E-state index in [2.05, 4.69) is 34.2 Å². The first-order valence-electron chi connectivity index (χ1n) is 9.23. The van der Waals surface area contributed by atoms with E-state index in [1.165, 1.54) is 17.3 Å². The predicted octanol–water partition coefficient (Wildman–Crippen LogP) is 4.49.